The highest BCUT2D eigenvalue weighted by Crippen LogP contribution is 2.54. The molecule has 5 heteroatoms. The van der Waals surface area contributed by atoms with Crippen LogP contribution in [-0.2, 0) is 10.2 Å². The fourth-order valence-electron chi connectivity index (χ4n) is 4.31. The summed E-state index contributed by atoms with van der Waals surface area (Å²) in [6.45, 7) is 3.44. The molecule has 0 radical (unpaired) electrons. The SMILES string of the molecule is CCCCCN1C(=O)C2(COc3cc4c(cc32)OCO4)c2ccccc21. The van der Waals surface area contributed by atoms with Gasteiger partial charge < -0.3 is 19.1 Å². The van der Waals surface area contributed by atoms with Gasteiger partial charge in [0.05, 0.1) is 0 Å². The quantitative estimate of drug-likeness (QED) is 0.789. The fraction of sp³-hybridized carbons (Fsp3) is 0.381. The Kier molecular flexibility index (Phi) is 3.39. The molecule has 1 amide bonds. The van der Waals surface area contributed by atoms with E-state index in [1.54, 1.807) is 0 Å². The molecule has 0 aliphatic carbocycles. The Hall–Kier alpha value is -2.69. The minimum atomic E-state index is -0.779. The Bertz CT molecular complexity index is 894. The first kappa shape index (κ1) is 15.6. The molecule has 5 rings (SSSR count). The van der Waals surface area contributed by atoms with Crippen molar-refractivity contribution in [1.82, 2.24) is 0 Å². The first-order valence-electron chi connectivity index (χ1n) is 9.24. The molecule has 0 saturated carbocycles. The number of unbranched alkanes of at least 4 members (excludes halogenated alkanes) is 2. The van der Waals surface area contributed by atoms with Crippen LogP contribution < -0.4 is 19.1 Å². The van der Waals surface area contributed by atoms with Crippen LogP contribution in [0.2, 0.25) is 0 Å². The largest absolute Gasteiger partial charge is 0.491 e. The van der Waals surface area contributed by atoms with Crippen LogP contribution in [0.15, 0.2) is 36.4 Å². The molecule has 1 unspecified atom stereocenters. The second-order valence-corrected chi connectivity index (χ2v) is 7.08. The van der Waals surface area contributed by atoms with E-state index in [2.05, 4.69) is 13.0 Å². The monoisotopic (exact) mass is 351 g/mol. The van der Waals surface area contributed by atoms with E-state index >= 15 is 0 Å². The van der Waals surface area contributed by atoms with E-state index in [1.165, 1.54) is 0 Å². The number of hydrogen-bond donors (Lipinski definition) is 0. The highest BCUT2D eigenvalue weighted by molar-refractivity contribution is 6.11. The average Bonchev–Trinajstić information content (AvgIpc) is 3.33. The maximum absolute atomic E-state index is 13.6. The molecule has 0 aromatic heterocycles. The molecule has 0 N–H and O–H groups in total. The summed E-state index contributed by atoms with van der Waals surface area (Å²) >= 11 is 0. The lowest BCUT2D eigenvalue weighted by molar-refractivity contribution is -0.122. The van der Waals surface area contributed by atoms with Crippen LogP contribution in [0.25, 0.3) is 0 Å². The zero-order valence-electron chi connectivity index (χ0n) is 14.8. The summed E-state index contributed by atoms with van der Waals surface area (Å²) in [4.78, 5) is 15.6. The molecule has 0 bridgehead atoms. The summed E-state index contributed by atoms with van der Waals surface area (Å²) in [5, 5.41) is 0. The zero-order chi connectivity index (χ0) is 17.7. The summed E-state index contributed by atoms with van der Waals surface area (Å²) < 4.78 is 17.0. The molecular weight excluding hydrogens is 330 g/mol. The molecule has 3 aliphatic heterocycles. The number of carbonyl (C=O) groups excluding carboxylic acids is 1. The van der Waals surface area contributed by atoms with Crippen LogP contribution in [-0.4, -0.2) is 25.9 Å². The summed E-state index contributed by atoms with van der Waals surface area (Å²) in [6.07, 6.45) is 3.25. The fourth-order valence-corrected chi connectivity index (χ4v) is 4.31. The maximum atomic E-state index is 13.6. The highest BCUT2D eigenvalue weighted by atomic mass is 16.7. The van der Waals surface area contributed by atoms with Gasteiger partial charge in [-0.3, -0.25) is 4.79 Å². The number of para-hydroxylation sites is 1. The van der Waals surface area contributed by atoms with Crippen molar-refractivity contribution in [2.24, 2.45) is 0 Å². The van der Waals surface area contributed by atoms with Crippen molar-refractivity contribution in [2.45, 2.75) is 31.6 Å². The summed E-state index contributed by atoms with van der Waals surface area (Å²) in [6, 6.07) is 11.9. The van der Waals surface area contributed by atoms with Gasteiger partial charge in [-0.1, -0.05) is 38.0 Å². The van der Waals surface area contributed by atoms with Gasteiger partial charge in [0.25, 0.3) is 0 Å². The van der Waals surface area contributed by atoms with Gasteiger partial charge in [0, 0.05) is 23.9 Å². The Labute approximate surface area is 152 Å². The molecule has 3 aliphatic rings. The van der Waals surface area contributed by atoms with Gasteiger partial charge >= 0.3 is 0 Å². The van der Waals surface area contributed by atoms with E-state index < -0.39 is 5.41 Å². The number of rotatable bonds is 4. The zero-order valence-corrected chi connectivity index (χ0v) is 14.8. The first-order chi connectivity index (χ1) is 12.8. The van der Waals surface area contributed by atoms with Gasteiger partial charge in [0.1, 0.15) is 17.8 Å². The Morgan fingerprint density at radius 1 is 1.00 bits per heavy atom. The van der Waals surface area contributed by atoms with Gasteiger partial charge in [0.15, 0.2) is 11.5 Å². The molecule has 1 atom stereocenters. The highest BCUT2D eigenvalue weighted by Gasteiger charge is 2.57. The molecule has 3 heterocycles. The third kappa shape index (κ3) is 1.94. The number of nitrogens with zero attached hydrogens (tertiary/aromatic N) is 1. The number of amides is 1. The normalized spacial score (nSPS) is 21.9. The van der Waals surface area contributed by atoms with Gasteiger partial charge in [-0.05, 0) is 24.1 Å². The van der Waals surface area contributed by atoms with Crippen LogP contribution in [0.4, 0.5) is 5.69 Å². The van der Waals surface area contributed by atoms with Crippen LogP contribution in [0.1, 0.15) is 37.3 Å². The number of ether oxygens (including phenoxy) is 3. The number of hydrogen-bond acceptors (Lipinski definition) is 4. The van der Waals surface area contributed by atoms with Crippen molar-refractivity contribution in [1.29, 1.82) is 0 Å². The molecule has 2 aromatic rings. The number of anilines is 1. The minimum Gasteiger partial charge on any atom is -0.491 e. The first-order valence-corrected chi connectivity index (χ1v) is 9.24. The average molecular weight is 351 g/mol. The third-order valence-corrected chi connectivity index (χ3v) is 5.63. The van der Waals surface area contributed by atoms with Gasteiger partial charge in [-0.15, -0.1) is 0 Å². The van der Waals surface area contributed by atoms with Gasteiger partial charge in [0.2, 0.25) is 12.7 Å². The summed E-state index contributed by atoms with van der Waals surface area (Å²) in [7, 11) is 0. The van der Waals surface area contributed by atoms with Crippen molar-refractivity contribution in [3.05, 3.63) is 47.5 Å². The van der Waals surface area contributed by atoms with Gasteiger partial charge in [-0.25, -0.2) is 0 Å². The van der Waals surface area contributed by atoms with Crippen molar-refractivity contribution in [3.63, 3.8) is 0 Å². The van der Waals surface area contributed by atoms with Crippen molar-refractivity contribution >= 4 is 11.6 Å². The van der Waals surface area contributed by atoms with E-state index in [0.717, 1.165) is 42.6 Å². The third-order valence-electron chi connectivity index (χ3n) is 5.63. The summed E-state index contributed by atoms with van der Waals surface area (Å²) in [5.41, 5.74) is 2.14. The lowest BCUT2D eigenvalue weighted by Gasteiger charge is -2.23. The second kappa shape index (κ2) is 5.66. The van der Waals surface area contributed by atoms with E-state index in [4.69, 9.17) is 14.2 Å². The Balaban J connectivity index is 1.63. The summed E-state index contributed by atoms with van der Waals surface area (Å²) in [5.74, 6) is 2.18. The van der Waals surface area contributed by atoms with Crippen LogP contribution >= 0.6 is 0 Å². The van der Waals surface area contributed by atoms with Crippen molar-refractivity contribution in [2.75, 3.05) is 24.8 Å². The van der Waals surface area contributed by atoms with E-state index in [9.17, 15) is 4.79 Å². The molecule has 1 spiro atoms. The molecule has 5 nitrogen and oxygen atoms in total. The van der Waals surface area contributed by atoms with E-state index in [1.807, 2.05) is 35.2 Å². The topological polar surface area (TPSA) is 48.0 Å². The van der Waals surface area contributed by atoms with E-state index in [-0.39, 0.29) is 12.7 Å². The lowest BCUT2D eigenvalue weighted by atomic mass is 9.77. The maximum Gasteiger partial charge on any atom is 0.245 e. The number of benzene rings is 2. The predicted molar refractivity (Wildman–Crippen MR) is 97.2 cm³/mol. The number of fused-ring (bicyclic) bond motifs is 5. The predicted octanol–water partition coefficient (Wildman–Crippen LogP) is 3.63. The molecule has 0 saturated heterocycles. The minimum absolute atomic E-state index is 0.104. The molecular formula is C21H21NO4. The molecule has 0 fully saturated rings. The van der Waals surface area contributed by atoms with Crippen LogP contribution in [0.5, 0.6) is 17.2 Å². The smallest absolute Gasteiger partial charge is 0.245 e. The number of carbonyl (C=O) groups is 1. The van der Waals surface area contributed by atoms with Crippen molar-refractivity contribution < 1.29 is 19.0 Å². The Morgan fingerprint density at radius 2 is 1.81 bits per heavy atom. The van der Waals surface area contributed by atoms with Crippen LogP contribution in [0.3, 0.4) is 0 Å². The molecule has 26 heavy (non-hydrogen) atoms. The standard InChI is InChI=1S/C21H21NO4/c1-2-3-6-9-22-16-8-5-4-7-14(16)21(20(22)23)12-24-17-11-19-18(10-15(17)21)25-13-26-19/h4-5,7-8,10-11H,2-3,6,9,12-13H2,1H3. The second-order valence-electron chi connectivity index (χ2n) is 7.08. The van der Waals surface area contributed by atoms with Gasteiger partial charge in [-0.2, -0.15) is 0 Å². The lowest BCUT2D eigenvalue weighted by Crippen LogP contribution is -2.42. The van der Waals surface area contributed by atoms with E-state index in [0.29, 0.717) is 23.9 Å². The van der Waals surface area contributed by atoms with Crippen LogP contribution in [0, 0.1) is 0 Å². The Morgan fingerprint density at radius 3 is 2.65 bits per heavy atom. The van der Waals surface area contributed by atoms with Crippen molar-refractivity contribution in [3.8, 4) is 17.2 Å². The molecule has 134 valence electrons. The molecule has 2 aromatic carbocycles.